The molecule has 12 aromatic carbocycles. The van der Waals surface area contributed by atoms with Crippen LogP contribution in [0.25, 0.3) is 55.0 Å². The van der Waals surface area contributed by atoms with Gasteiger partial charge in [-0.25, -0.2) is 0 Å². The van der Waals surface area contributed by atoms with E-state index in [1.165, 1.54) is 43.4 Å². The van der Waals surface area contributed by atoms with E-state index in [-0.39, 0.29) is 27.1 Å². The zero-order chi connectivity index (χ0) is 69.3. The van der Waals surface area contributed by atoms with Crippen molar-refractivity contribution in [3.05, 3.63) is 317 Å². The molecule has 0 aliphatic heterocycles. The summed E-state index contributed by atoms with van der Waals surface area (Å²) in [6, 6.07) is 102. The highest BCUT2D eigenvalue weighted by atomic mass is 28.3. The lowest BCUT2D eigenvalue weighted by atomic mass is 9.67. The number of hydrogen-bond donors (Lipinski definition) is 0. The van der Waals surface area contributed by atoms with Gasteiger partial charge in [0.2, 0.25) is 0 Å². The zero-order valence-electron chi connectivity index (χ0n) is 60.6. The summed E-state index contributed by atoms with van der Waals surface area (Å²) >= 11 is 0. The van der Waals surface area contributed by atoms with Crippen molar-refractivity contribution >= 4 is 102 Å². The lowest BCUT2D eigenvalue weighted by molar-refractivity contribution is 0.589. The first-order valence-electron chi connectivity index (χ1n) is 35.5. The van der Waals surface area contributed by atoms with E-state index < -0.39 is 13.5 Å². The third kappa shape index (κ3) is 10.9. The van der Waals surface area contributed by atoms with Crippen molar-refractivity contribution < 1.29 is 8.83 Å². The molecule has 15 rings (SSSR count). The zero-order valence-corrected chi connectivity index (χ0v) is 61.6. The van der Waals surface area contributed by atoms with Crippen molar-refractivity contribution in [3.8, 4) is 11.1 Å². The summed E-state index contributed by atoms with van der Waals surface area (Å²) in [5, 5.41) is 8.25. The molecule has 2 heterocycles. The molecule has 0 amide bonds. The van der Waals surface area contributed by atoms with Crippen LogP contribution in [0.3, 0.4) is 0 Å². The van der Waals surface area contributed by atoms with E-state index in [1.807, 2.05) is 0 Å². The fourth-order valence-corrected chi connectivity index (χ4v) is 19.2. The maximum absolute atomic E-state index is 7.76. The lowest BCUT2D eigenvalue weighted by Crippen LogP contribution is -2.64. The average Bonchev–Trinajstić information content (AvgIpc) is 1.51. The minimum Gasteiger partial charge on any atom is -0.455 e. The number of rotatable bonds is 11. The molecular weight excluding hydrogens is 1220 g/mol. The molecule has 4 nitrogen and oxygen atoms in total. The second-order valence-corrected chi connectivity index (χ2v) is 37.1. The molecular formula is C94H92N2O2Si. The molecule has 0 saturated heterocycles. The van der Waals surface area contributed by atoms with Crippen LogP contribution >= 0.6 is 0 Å². The Morgan fingerprint density at radius 1 is 0.293 bits per heavy atom. The van der Waals surface area contributed by atoms with Crippen molar-refractivity contribution in [2.75, 3.05) is 9.80 Å². The predicted molar refractivity (Wildman–Crippen MR) is 425 cm³/mol. The van der Waals surface area contributed by atoms with Crippen molar-refractivity contribution in [3.63, 3.8) is 0 Å². The van der Waals surface area contributed by atoms with Gasteiger partial charge in [0, 0.05) is 50.0 Å². The second kappa shape index (κ2) is 23.6. The highest BCUT2D eigenvalue weighted by Crippen LogP contribution is 2.65. The van der Waals surface area contributed by atoms with E-state index in [2.05, 4.69) is 387 Å². The number of furan rings is 2. The molecule has 0 bridgehead atoms. The van der Waals surface area contributed by atoms with Crippen molar-refractivity contribution in [1.82, 2.24) is 0 Å². The molecule has 0 N–H and O–H groups in total. The van der Waals surface area contributed by atoms with Crippen LogP contribution in [0.4, 0.5) is 34.1 Å². The van der Waals surface area contributed by atoms with E-state index in [9.17, 15) is 0 Å². The fourth-order valence-electron chi connectivity index (χ4n) is 15.7. The Morgan fingerprint density at radius 2 is 0.596 bits per heavy atom. The summed E-state index contributed by atoms with van der Waals surface area (Å²) in [6.07, 6.45) is 0. The van der Waals surface area contributed by atoms with Crippen LogP contribution in [0.5, 0.6) is 0 Å². The van der Waals surface area contributed by atoms with Crippen molar-refractivity contribution in [1.29, 1.82) is 0 Å². The van der Waals surface area contributed by atoms with Crippen LogP contribution in [0.1, 0.15) is 154 Å². The van der Waals surface area contributed by atoms with Crippen LogP contribution in [0, 0.1) is 0 Å². The van der Waals surface area contributed by atoms with Gasteiger partial charge in [0.1, 0.15) is 24.8 Å². The normalized spacial score (nSPS) is 14.5. The van der Waals surface area contributed by atoms with Gasteiger partial charge < -0.3 is 18.6 Å². The summed E-state index contributed by atoms with van der Waals surface area (Å²) in [5.41, 5.74) is 21.4. The third-order valence-corrected chi connectivity index (χ3v) is 26.0. The minimum absolute atomic E-state index is 0.00574. The molecule has 2 aromatic heterocycles. The SMILES string of the molecule is CC(C)(C)c1ccc(N(c2ccccc2)c2cc3c(c4c2oc2ccccc24)-c2c(cc(N(c4ccccc4)c4ccc(C(C)(C)C)cc4)c4c2oc2ccccc24)C3(c2ccc(C(C)(C)C)cc2)c2ccc([Si](C)(c3ccc(C(C)(C)C)cc3)c3ccc(C(C)(C)C)cc3)cc2)cc1. The van der Waals surface area contributed by atoms with Gasteiger partial charge in [-0.2, -0.15) is 0 Å². The van der Waals surface area contributed by atoms with E-state index >= 15 is 0 Å². The molecule has 0 radical (unpaired) electrons. The Hall–Kier alpha value is -9.94. The van der Waals surface area contributed by atoms with Gasteiger partial charge in [-0.1, -0.05) is 305 Å². The second-order valence-electron chi connectivity index (χ2n) is 33.1. The van der Waals surface area contributed by atoms with Gasteiger partial charge in [0.15, 0.2) is 5.58 Å². The summed E-state index contributed by atoms with van der Waals surface area (Å²) in [6.45, 7) is 37.1. The third-order valence-electron chi connectivity index (χ3n) is 21.5. The molecule has 99 heavy (non-hydrogen) atoms. The van der Waals surface area contributed by atoms with Crippen LogP contribution in [0.2, 0.25) is 6.55 Å². The maximum atomic E-state index is 7.76. The molecule has 1 unspecified atom stereocenters. The summed E-state index contributed by atoms with van der Waals surface area (Å²) in [7, 11) is -2.76. The lowest BCUT2D eigenvalue weighted by Gasteiger charge is -2.37. The first-order valence-corrected chi connectivity index (χ1v) is 38.0. The molecule has 0 saturated carbocycles. The van der Waals surface area contributed by atoms with Gasteiger partial charge >= 0.3 is 0 Å². The molecule has 1 atom stereocenters. The molecule has 494 valence electrons. The van der Waals surface area contributed by atoms with Crippen molar-refractivity contribution in [2.24, 2.45) is 0 Å². The smallest absolute Gasteiger partial charge is 0.160 e. The minimum atomic E-state index is -2.76. The highest BCUT2D eigenvalue weighted by Gasteiger charge is 2.51. The maximum Gasteiger partial charge on any atom is 0.160 e. The van der Waals surface area contributed by atoms with Crippen LogP contribution in [-0.4, -0.2) is 8.07 Å². The van der Waals surface area contributed by atoms with E-state index in [0.29, 0.717) is 0 Å². The summed E-state index contributed by atoms with van der Waals surface area (Å²) in [5.74, 6) is 0. The van der Waals surface area contributed by atoms with E-state index in [0.717, 1.165) is 111 Å². The highest BCUT2D eigenvalue weighted by molar-refractivity contribution is 7.10. The van der Waals surface area contributed by atoms with Gasteiger partial charge in [-0.3, -0.25) is 0 Å². The Kier molecular flexibility index (Phi) is 15.5. The Bertz CT molecular complexity index is 5280. The number of benzene rings is 12. The van der Waals surface area contributed by atoms with Crippen LogP contribution in [0.15, 0.2) is 276 Å². The quantitative estimate of drug-likeness (QED) is 0.0954. The largest absolute Gasteiger partial charge is 0.455 e. The summed E-state index contributed by atoms with van der Waals surface area (Å²) in [4.78, 5) is 4.92. The average molecular weight is 1310 g/mol. The first-order chi connectivity index (χ1) is 47.1. The van der Waals surface area contributed by atoms with Gasteiger partial charge in [0.05, 0.1) is 22.2 Å². The molecule has 5 heteroatoms. The van der Waals surface area contributed by atoms with Crippen molar-refractivity contribution in [2.45, 2.75) is 143 Å². The molecule has 1 aliphatic rings. The van der Waals surface area contributed by atoms with E-state index in [1.54, 1.807) is 0 Å². The van der Waals surface area contributed by atoms with Gasteiger partial charge in [-0.15, -0.1) is 0 Å². The molecule has 0 spiro atoms. The van der Waals surface area contributed by atoms with Gasteiger partial charge in [0.25, 0.3) is 0 Å². The molecule has 14 aromatic rings. The number of anilines is 6. The summed E-state index contributed by atoms with van der Waals surface area (Å²) < 4.78 is 15.3. The number of nitrogens with zero attached hydrogens (tertiary/aromatic N) is 2. The van der Waals surface area contributed by atoms with Crippen LogP contribution in [-0.2, 0) is 32.5 Å². The predicted octanol–water partition coefficient (Wildman–Crippen LogP) is 24.4. The number of fused-ring (bicyclic) bond motifs is 11. The Balaban J connectivity index is 1.12. The molecule has 0 fully saturated rings. The topological polar surface area (TPSA) is 32.8 Å². The first kappa shape index (κ1) is 65.0. The Morgan fingerprint density at radius 3 is 1.01 bits per heavy atom. The number of hydrogen-bond acceptors (Lipinski definition) is 4. The standard InChI is InChI=1S/C94H92N2O2Si/c1-89(2,3)61-35-37-66(38-36-61)94(67-47-57-74(58-48-67)99(16,72-53-43-64(44-54-72)92(10,11)12)73-55-45-65(46-56-73)93(13,14)15)77-60-80(96(69-29-21-18-22-30-69)71-51-41-63(42-52-71)91(7,8)9)87-84(76-32-24-26-34-82(76)97-87)85(77)86-78(94)59-79(83-75-31-23-25-33-81(75)98-88(83)86)95(68-27-19-17-20-28-68)70-49-39-62(40-50-70)90(4,5)6/h17-60H,1-16H3. The monoisotopic (exact) mass is 1310 g/mol. The number of para-hydroxylation sites is 4. The van der Waals surface area contributed by atoms with Crippen LogP contribution < -0.4 is 25.4 Å². The Labute approximate surface area is 587 Å². The van der Waals surface area contributed by atoms with Gasteiger partial charge in [-0.05, 0) is 166 Å². The fraction of sp³-hybridized carbons (Fsp3) is 0.234. The van der Waals surface area contributed by atoms with E-state index in [4.69, 9.17) is 8.83 Å². The molecule has 1 aliphatic carbocycles.